The summed E-state index contributed by atoms with van der Waals surface area (Å²) in [5, 5.41) is 0. The van der Waals surface area contributed by atoms with Gasteiger partial charge in [-0.1, -0.05) is 84.9 Å². The summed E-state index contributed by atoms with van der Waals surface area (Å²) in [6.07, 6.45) is 2.52. The highest BCUT2D eigenvalue weighted by Crippen LogP contribution is 2.30. The minimum Gasteiger partial charge on any atom is -0.299 e. The van der Waals surface area contributed by atoms with E-state index < -0.39 is 0 Å². The predicted octanol–water partition coefficient (Wildman–Crippen LogP) is 5.73. The van der Waals surface area contributed by atoms with Gasteiger partial charge in [0.15, 0.2) is 0 Å². The smallest absolute Gasteiger partial charge is 0.0233 e. The zero-order valence-electron chi connectivity index (χ0n) is 14.6. The van der Waals surface area contributed by atoms with E-state index in [1.807, 2.05) is 0 Å². The summed E-state index contributed by atoms with van der Waals surface area (Å²) in [5.41, 5.74) is 5.53. The van der Waals surface area contributed by atoms with Crippen molar-refractivity contribution in [3.63, 3.8) is 0 Å². The van der Waals surface area contributed by atoms with Gasteiger partial charge < -0.3 is 0 Å². The molecule has 0 amide bonds. The molecule has 1 aliphatic rings. The van der Waals surface area contributed by atoms with Gasteiger partial charge in [0.05, 0.1) is 0 Å². The second kappa shape index (κ2) is 7.67. The van der Waals surface area contributed by atoms with Gasteiger partial charge in [-0.05, 0) is 54.1 Å². The summed E-state index contributed by atoms with van der Waals surface area (Å²) in [5.74, 6) is 0.705. The third kappa shape index (κ3) is 4.00. The van der Waals surface area contributed by atoms with Crippen LogP contribution >= 0.6 is 0 Å². The van der Waals surface area contributed by atoms with Crippen LogP contribution in [0.3, 0.4) is 0 Å². The molecule has 4 rings (SSSR count). The summed E-state index contributed by atoms with van der Waals surface area (Å²) >= 11 is 0. The maximum Gasteiger partial charge on any atom is 0.0233 e. The first kappa shape index (κ1) is 16.1. The van der Waals surface area contributed by atoms with Crippen LogP contribution in [0.2, 0.25) is 0 Å². The van der Waals surface area contributed by atoms with Crippen LogP contribution in [-0.4, -0.2) is 18.0 Å². The Morgan fingerprint density at radius 2 is 1.20 bits per heavy atom. The van der Waals surface area contributed by atoms with Crippen molar-refractivity contribution in [3.8, 4) is 11.1 Å². The molecule has 0 unspecified atom stereocenters. The average Bonchev–Trinajstić information content (AvgIpc) is 2.70. The van der Waals surface area contributed by atoms with E-state index >= 15 is 0 Å². The quantitative estimate of drug-likeness (QED) is 0.591. The molecular weight excluding hydrogens is 302 g/mol. The molecule has 1 saturated heterocycles. The predicted molar refractivity (Wildman–Crippen MR) is 106 cm³/mol. The highest BCUT2D eigenvalue weighted by atomic mass is 15.1. The Hall–Kier alpha value is -2.38. The summed E-state index contributed by atoms with van der Waals surface area (Å²) in [7, 11) is 0. The van der Waals surface area contributed by atoms with Crippen molar-refractivity contribution in [1.29, 1.82) is 0 Å². The Kier molecular flexibility index (Phi) is 4.94. The maximum absolute atomic E-state index is 2.59. The average molecular weight is 327 g/mol. The van der Waals surface area contributed by atoms with Crippen LogP contribution in [0, 0.1) is 0 Å². The van der Waals surface area contributed by atoms with Crippen molar-refractivity contribution < 1.29 is 0 Å². The fourth-order valence-electron chi connectivity index (χ4n) is 3.84. The van der Waals surface area contributed by atoms with Gasteiger partial charge in [0, 0.05) is 6.54 Å². The minimum atomic E-state index is 0.705. The van der Waals surface area contributed by atoms with Crippen LogP contribution in [0.1, 0.15) is 29.9 Å². The molecule has 0 aliphatic carbocycles. The molecule has 0 atom stereocenters. The summed E-state index contributed by atoms with van der Waals surface area (Å²) in [6.45, 7) is 3.47. The number of piperidine rings is 1. The first-order valence-electron chi connectivity index (χ1n) is 9.30. The van der Waals surface area contributed by atoms with Crippen LogP contribution in [-0.2, 0) is 6.54 Å². The second-order valence-corrected chi connectivity index (χ2v) is 7.02. The van der Waals surface area contributed by atoms with Gasteiger partial charge in [0.2, 0.25) is 0 Å². The zero-order valence-corrected chi connectivity index (χ0v) is 14.6. The number of hydrogen-bond acceptors (Lipinski definition) is 1. The summed E-state index contributed by atoms with van der Waals surface area (Å²) < 4.78 is 0. The zero-order chi connectivity index (χ0) is 16.9. The van der Waals surface area contributed by atoms with Gasteiger partial charge in [-0.15, -0.1) is 0 Å². The van der Waals surface area contributed by atoms with Gasteiger partial charge in [-0.25, -0.2) is 0 Å². The van der Waals surface area contributed by atoms with Gasteiger partial charge in [0.1, 0.15) is 0 Å². The summed E-state index contributed by atoms with van der Waals surface area (Å²) in [4.78, 5) is 2.59. The van der Waals surface area contributed by atoms with E-state index in [4.69, 9.17) is 0 Å². The number of benzene rings is 3. The highest BCUT2D eigenvalue weighted by molar-refractivity contribution is 5.63. The molecular formula is C24H25N. The lowest BCUT2D eigenvalue weighted by Crippen LogP contribution is -2.32. The van der Waals surface area contributed by atoms with Crippen molar-refractivity contribution in [1.82, 2.24) is 4.90 Å². The molecule has 1 fully saturated rings. The molecule has 0 aromatic heterocycles. The van der Waals surface area contributed by atoms with Crippen molar-refractivity contribution in [3.05, 3.63) is 96.1 Å². The lowest BCUT2D eigenvalue weighted by Gasteiger charge is -2.32. The molecule has 1 heterocycles. The monoisotopic (exact) mass is 327 g/mol. The van der Waals surface area contributed by atoms with Gasteiger partial charge in [-0.2, -0.15) is 0 Å². The lowest BCUT2D eigenvalue weighted by atomic mass is 9.88. The molecule has 3 aromatic carbocycles. The number of hydrogen-bond donors (Lipinski definition) is 0. The van der Waals surface area contributed by atoms with Crippen LogP contribution < -0.4 is 0 Å². The normalized spacial score (nSPS) is 16.0. The third-order valence-corrected chi connectivity index (χ3v) is 5.33. The topological polar surface area (TPSA) is 3.24 Å². The van der Waals surface area contributed by atoms with Gasteiger partial charge in [-0.3, -0.25) is 4.90 Å². The van der Waals surface area contributed by atoms with Crippen molar-refractivity contribution in [2.45, 2.75) is 25.3 Å². The third-order valence-electron chi connectivity index (χ3n) is 5.33. The van der Waals surface area contributed by atoms with Crippen LogP contribution in [0.15, 0.2) is 84.9 Å². The van der Waals surface area contributed by atoms with Crippen molar-refractivity contribution >= 4 is 0 Å². The number of likely N-dealkylation sites (tertiary alicyclic amines) is 1. The standard InChI is InChI=1S/C24H25N/c1-3-7-20(8-4-1)19-25-17-15-24(16-18-25)23-13-11-22(12-14-23)21-9-5-2-6-10-21/h1-14,24H,15-19H2. The molecule has 0 saturated carbocycles. The van der Waals surface area contributed by atoms with Crippen molar-refractivity contribution in [2.75, 3.05) is 13.1 Å². The lowest BCUT2D eigenvalue weighted by molar-refractivity contribution is 0.204. The Morgan fingerprint density at radius 3 is 1.84 bits per heavy atom. The first-order valence-corrected chi connectivity index (χ1v) is 9.30. The van der Waals surface area contributed by atoms with Crippen molar-refractivity contribution in [2.24, 2.45) is 0 Å². The SMILES string of the molecule is c1ccc(CN2CCC(c3ccc(-c4ccccc4)cc3)CC2)cc1. The van der Waals surface area contributed by atoms with Crippen LogP contribution in [0.5, 0.6) is 0 Å². The molecule has 3 aromatic rings. The van der Waals surface area contributed by atoms with Gasteiger partial charge >= 0.3 is 0 Å². The molecule has 0 spiro atoms. The summed E-state index contributed by atoms with van der Waals surface area (Å²) in [6, 6.07) is 30.7. The van der Waals surface area contributed by atoms with Crippen LogP contribution in [0.4, 0.5) is 0 Å². The highest BCUT2D eigenvalue weighted by Gasteiger charge is 2.20. The van der Waals surface area contributed by atoms with E-state index in [2.05, 4.69) is 89.8 Å². The largest absolute Gasteiger partial charge is 0.299 e. The first-order chi connectivity index (χ1) is 12.4. The fourth-order valence-corrected chi connectivity index (χ4v) is 3.84. The Bertz CT molecular complexity index is 769. The number of nitrogens with zero attached hydrogens (tertiary/aromatic N) is 1. The molecule has 126 valence electrons. The molecule has 1 nitrogen and oxygen atoms in total. The second-order valence-electron chi connectivity index (χ2n) is 7.02. The molecule has 0 bridgehead atoms. The Labute approximate surface area is 150 Å². The molecule has 1 aliphatic heterocycles. The van der Waals surface area contributed by atoms with Crippen LogP contribution in [0.25, 0.3) is 11.1 Å². The number of rotatable bonds is 4. The molecule has 0 N–H and O–H groups in total. The van der Waals surface area contributed by atoms with E-state index in [0.29, 0.717) is 5.92 Å². The molecule has 0 radical (unpaired) electrons. The van der Waals surface area contributed by atoms with E-state index in [0.717, 1.165) is 6.54 Å². The van der Waals surface area contributed by atoms with Gasteiger partial charge in [0.25, 0.3) is 0 Å². The van der Waals surface area contributed by atoms with E-state index in [9.17, 15) is 0 Å². The minimum absolute atomic E-state index is 0.705. The fraction of sp³-hybridized carbons (Fsp3) is 0.250. The molecule has 25 heavy (non-hydrogen) atoms. The van der Waals surface area contributed by atoms with E-state index in [1.165, 1.54) is 48.2 Å². The van der Waals surface area contributed by atoms with E-state index in [-0.39, 0.29) is 0 Å². The molecule has 1 heteroatoms. The Balaban J connectivity index is 1.36. The maximum atomic E-state index is 2.59. The Morgan fingerprint density at radius 1 is 0.640 bits per heavy atom. The van der Waals surface area contributed by atoms with E-state index in [1.54, 1.807) is 0 Å².